The van der Waals surface area contributed by atoms with Crippen molar-refractivity contribution in [2.45, 2.75) is 44.1 Å². The van der Waals surface area contributed by atoms with Gasteiger partial charge in [-0.2, -0.15) is 0 Å². The average molecular weight is 332 g/mol. The van der Waals surface area contributed by atoms with Crippen molar-refractivity contribution in [3.63, 3.8) is 0 Å². The van der Waals surface area contributed by atoms with Crippen LogP contribution in [0.5, 0.6) is 0 Å². The van der Waals surface area contributed by atoms with Gasteiger partial charge in [0.05, 0.1) is 0 Å². The van der Waals surface area contributed by atoms with Gasteiger partial charge in [-0.3, -0.25) is 9.89 Å². The van der Waals surface area contributed by atoms with Crippen molar-refractivity contribution in [3.8, 4) is 0 Å². The summed E-state index contributed by atoms with van der Waals surface area (Å²) in [6, 6.07) is 7.80. The molecule has 5 heteroatoms. The summed E-state index contributed by atoms with van der Waals surface area (Å²) in [6.45, 7) is 6.09. The van der Waals surface area contributed by atoms with Gasteiger partial charge in [0.2, 0.25) is 0 Å². The number of likely N-dealkylation sites (N-methyl/N-ethyl adjacent to an activating group) is 1. The third-order valence-electron chi connectivity index (χ3n) is 5.27. The molecule has 0 unspecified atom stereocenters. The Morgan fingerprint density at radius 3 is 2.71 bits per heavy atom. The third kappa shape index (κ3) is 4.26. The van der Waals surface area contributed by atoms with Gasteiger partial charge in [0.15, 0.2) is 5.96 Å². The number of halogens is 1. The minimum Gasteiger partial charge on any atom is -0.356 e. The maximum Gasteiger partial charge on any atom is 0.191 e. The number of aliphatic imine (C=N–C) groups is 1. The van der Waals surface area contributed by atoms with Crippen molar-refractivity contribution >= 4 is 5.96 Å². The fourth-order valence-corrected chi connectivity index (χ4v) is 3.37. The van der Waals surface area contributed by atoms with E-state index in [4.69, 9.17) is 0 Å². The van der Waals surface area contributed by atoms with E-state index in [0.717, 1.165) is 56.6 Å². The minimum absolute atomic E-state index is 0.0726. The molecular weight excluding hydrogens is 303 g/mol. The Balaban J connectivity index is 1.46. The van der Waals surface area contributed by atoms with E-state index < -0.39 is 0 Å². The molecule has 0 bridgehead atoms. The average Bonchev–Trinajstić information content (AvgIpc) is 3.48. The molecule has 0 heterocycles. The lowest BCUT2D eigenvalue weighted by Gasteiger charge is -2.22. The van der Waals surface area contributed by atoms with Crippen LogP contribution < -0.4 is 10.6 Å². The van der Waals surface area contributed by atoms with Gasteiger partial charge in [-0.15, -0.1) is 0 Å². The number of nitrogens with zero attached hydrogens (tertiary/aromatic N) is 2. The number of nitrogens with one attached hydrogen (secondary N) is 2. The first-order valence-corrected chi connectivity index (χ1v) is 9.11. The Kier molecular flexibility index (Phi) is 5.39. The molecule has 2 saturated carbocycles. The SMILES string of the molecule is CCN(CCNC(=NC)NCC1(c2cccc(F)c2)CC1)C1CC1. The molecule has 2 fully saturated rings. The molecule has 2 aliphatic carbocycles. The molecule has 0 radical (unpaired) electrons. The first kappa shape index (κ1) is 17.2. The molecular formula is C19H29FN4. The largest absolute Gasteiger partial charge is 0.356 e. The van der Waals surface area contributed by atoms with Crippen LogP contribution in [-0.2, 0) is 5.41 Å². The summed E-state index contributed by atoms with van der Waals surface area (Å²) in [5.41, 5.74) is 1.17. The first-order chi connectivity index (χ1) is 11.7. The van der Waals surface area contributed by atoms with Crippen LogP contribution in [0.15, 0.2) is 29.3 Å². The topological polar surface area (TPSA) is 39.7 Å². The molecule has 0 atom stereocenters. The Morgan fingerprint density at radius 1 is 1.33 bits per heavy atom. The number of hydrogen-bond donors (Lipinski definition) is 2. The lowest BCUT2D eigenvalue weighted by molar-refractivity contribution is 0.282. The summed E-state index contributed by atoms with van der Waals surface area (Å²) in [5.74, 6) is 0.686. The Labute approximate surface area is 144 Å². The molecule has 24 heavy (non-hydrogen) atoms. The van der Waals surface area contributed by atoms with E-state index >= 15 is 0 Å². The molecule has 2 N–H and O–H groups in total. The van der Waals surface area contributed by atoms with E-state index in [0.29, 0.717) is 0 Å². The van der Waals surface area contributed by atoms with Crippen LogP contribution in [-0.4, -0.2) is 50.1 Å². The molecule has 2 aliphatic rings. The first-order valence-electron chi connectivity index (χ1n) is 9.11. The third-order valence-corrected chi connectivity index (χ3v) is 5.27. The molecule has 3 rings (SSSR count). The summed E-state index contributed by atoms with van der Waals surface area (Å²) in [6.07, 6.45) is 4.89. The fourth-order valence-electron chi connectivity index (χ4n) is 3.37. The van der Waals surface area contributed by atoms with Gasteiger partial charge >= 0.3 is 0 Å². The van der Waals surface area contributed by atoms with Gasteiger partial charge in [-0.25, -0.2) is 4.39 Å². The Bertz CT molecular complexity index is 578. The van der Waals surface area contributed by atoms with Gasteiger partial charge < -0.3 is 10.6 Å². The second-order valence-corrected chi connectivity index (χ2v) is 7.00. The quantitative estimate of drug-likeness (QED) is 0.568. The minimum atomic E-state index is -0.152. The highest BCUT2D eigenvalue weighted by Crippen LogP contribution is 2.47. The molecule has 0 aromatic heterocycles. The summed E-state index contributed by atoms with van der Waals surface area (Å²) in [4.78, 5) is 6.84. The lowest BCUT2D eigenvalue weighted by Crippen LogP contribution is -2.44. The summed E-state index contributed by atoms with van der Waals surface area (Å²) < 4.78 is 13.5. The van der Waals surface area contributed by atoms with E-state index in [1.54, 1.807) is 19.2 Å². The van der Waals surface area contributed by atoms with Gasteiger partial charge in [0.25, 0.3) is 0 Å². The van der Waals surface area contributed by atoms with Crippen LogP contribution in [0.1, 0.15) is 38.2 Å². The van der Waals surface area contributed by atoms with Gasteiger partial charge in [0, 0.05) is 38.1 Å². The van der Waals surface area contributed by atoms with E-state index in [1.807, 2.05) is 6.07 Å². The molecule has 0 saturated heterocycles. The highest BCUT2D eigenvalue weighted by atomic mass is 19.1. The maximum atomic E-state index is 13.5. The Morgan fingerprint density at radius 2 is 2.12 bits per heavy atom. The molecule has 1 aromatic carbocycles. The van der Waals surface area contributed by atoms with Crippen molar-refractivity contribution in [2.75, 3.05) is 33.2 Å². The smallest absolute Gasteiger partial charge is 0.191 e. The zero-order chi connectivity index (χ0) is 17.0. The van der Waals surface area contributed by atoms with Crippen LogP contribution in [0.3, 0.4) is 0 Å². The zero-order valence-corrected chi connectivity index (χ0v) is 14.8. The second-order valence-electron chi connectivity index (χ2n) is 7.00. The summed E-state index contributed by atoms with van der Waals surface area (Å²) in [7, 11) is 1.80. The van der Waals surface area contributed by atoms with Crippen LogP contribution in [0, 0.1) is 5.82 Å². The zero-order valence-electron chi connectivity index (χ0n) is 14.8. The van der Waals surface area contributed by atoms with Crippen molar-refractivity contribution in [2.24, 2.45) is 4.99 Å². The molecule has 0 amide bonds. The summed E-state index contributed by atoms with van der Waals surface area (Å²) >= 11 is 0. The van der Waals surface area contributed by atoms with E-state index in [9.17, 15) is 4.39 Å². The van der Waals surface area contributed by atoms with E-state index in [2.05, 4.69) is 27.4 Å². The molecule has 132 valence electrons. The molecule has 1 aromatic rings. The normalized spacial score (nSPS) is 19.4. The van der Waals surface area contributed by atoms with Crippen LogP contribution in [0.2, 0.25) is 0 Å². The fraction of sp³-hybridized carbons (Fsp3) is 0.632. The highest BCUT2D eigenvalue weighted by molar-refractivity contribution is 5.79. The maximum absolute atomic E-state index is 13.5. The van der Waals surface area contributed by atoms with Gasteiger partial charge in [-0.1, -0.05) is 19.1 Å². The van der Waals surface area contributed by atoms with Crippen molar-refractivity contribution in [1.29, 1.82) is 0 Å². The molecule has 4 nitrogen and oxygen atoms in total. The van der Waals surface area contributed by atoms with Crippen molar-refractivity contribution in [1.82, 2.24) is 15.5 Å². The van der Waals surface area contributed by atoms with Crippen LogP contribution in [0.25, 0.3) is 0 Å². The summed E-state index contributed by atoms with van der Waals surface area (Å²) in [5, 5.41) is 6.83. The lowest BCUT2D eigenvalue weighted by atomic mass is 9.96. The van der Waals surface area contributed by atoms with Gasteiger partial charge in [-0.05, 0) is 49.9 Å². The number of benzene rings is 1. The molecule has 0 spiro atoms. The predicted octanol–water partition coefficient (Wildman–Crippen LogP) is 2.51. The van der Waals surface area contributed by atoms with Crippen LogP contribution >= 0.6 is 0 Å². The second kappa shape index (κ2) is 7.51. The number of rotatable bonds is 8. The van der Waals surface area contributed by atoms with Crippen molar-refractivity contribution < 1.29 is 4.39 Å². The van der Waals surface area contributed by atoms with Crippen LogP contribution in [0.4, 0.5) is 4.39 Å². The monoisotopic (exact) mass is 332 g/mol. The van der Waals surface area contributed by atoms with E-state index in [-0.39, 0.29) is 11.2 Å². The number of hydrogen-bond acceptors (Lipinski definition) is 2. The Hall–Kier alpha value is -1.62. The highest BCUT2D eigenvalue weighted by Gasteiger charge is 2.44. The molecule has 0 aliphatic heterocycles. The number of guanidine groups is 1. The van der Waals surface area contributed by atoms with Gasteiger partial charge in [0.1, 0.15) is 5.82 Å². The standard InChI is InChI=1S/C19H29FN4/c1-3-24(17-7-8-17)12-11-22-18(21-2)23-14-19(9-10-19)15-5-4-6-16(20)13-15/h4-6,13,17H,3,7-12,14H2,1-2H3,(H2,21,22,23). The predicted molar refractivity (Wildman–Crippen MR) is 96.9 cm³/mol. The van der Waals surface area contributed by atoms with E-state index in [1.165, 1.54) is 18.9 Å². The van der Waals surface area contributed by atoms with Crippen molar-refractivity contribution in [3.05, 3.63) is 35.6 Å².